The predicted octanol–water partition coefficient (Wildman–Crippen LogP) is 20.9. The average molecular weight is 1120 g/mol. The van der Waals surface area contributed by atoms with E-state index >= 15 is 0 Å². The molecule has 0 saturated carbocycles. The molecular formula is C82H52N6. The number of nitrogens with zero attached hydrogens (tertiary/aromatic N) is 6. The van der Waals surface area contributed by atoms with Crippen molar-refractivity contribution in [3.05, 3.63) is 321 Å². The Hall–Kier alpha value is -12.0. The summed E-state index contributed by atoms with van der Waals surface area (Å²) in [5.74, 6) is 1.46. The molecule has 0 aliphatic carbocycles. The Morgan fingerprint density at radius 1 is 0.227 bits per heavy atom. The maximum Gasteiger partial charge on any atom is 0.165 e. The topological polar surface area (TPSA) is 72.3 Å². The van der Waals surface area contributed by atoms with Crippen molar-refractivity contribution in [1.29, 1.82) is 5.26 Å². The molecule has 6 heteroatoms. The number of aromatic nitrogens is 5. The smallest absolute Gasteiger partial charge is 0.165 e. The summed E-state index contributed by atoms with van der Waals surface area (Å²) in [5.41, 5.74) is 22.4. The van der Waals surface area contributed by atoms with Crippen molar-refractivity contribution in [3.63, 3.8) is 0 Å². The van der Waals surface area contributed by atoms with Gasteiger partial charge in [-0.05, 0) is 152 Å². The van der Waals surface area contributed by atoms with Gasteiger partial charge in [0, 0.05) is 49.6 Å². The molecule has 0 amide bonds. The minimum absolute atomic E-state index is 0.413. The van der Waals surface area contributed by atoms with E-state index in [9.17, 15) is 5.26 Å². The van der Waals surface area contributed by atoms with Gasteiger partial charge in [0.25, 0.3) is 0 Å². The Kier molecular flexibility index (Phi) is 12.8. The lowest BCUT2D eigenvalue weighted by atomic mass is 9.89. The third-order valence-electron chi connectivity index (χ3n) is 17.1. The Morgan fingerprint density at radius 2 is 0.500 bits per heavy atom. The molecule has 16 aromatic rings. The highest BCUT2D eigenvalue weighted by molar-refractivity contribution is 6.13. The minimum atomic E-state index is 0.413. The molecule has 3 aromatic heterocycles. The Bertz CT molecular complexity index is 5070. The summed E-state index contributed by atoms with van der Waals surface area (Å²) in [7, 11) is 0. The highest BCUT2D eigenvalue weighted by Crippen LogP contribution is 2.43. The van der Waals surface area contributed by atoms with Gasteiger partial charge in [-0.1, -0.05) is 231 Å². The summed E-state index contributed by atoms with van der Waals surface area (Å²) in [5, 5.41) is 16.0. The molecule has 0 aliphatic heterocycles. The van der Waals surface area contributed by atoms with Crippen LogP contribution in [0.3, 0.4) is 0 Å². The van der Waals surface area contributed by atoms with Crippen molar-refractivity contribution in [2.75, 3.05) is 0 Å². The molecule has 0 N–H and O–H groups in total. The third kappa shape index (κ3) is 9.28. The van der Waals surface area contributed by atoms with Gasteiger partial charge in [-0.25, -0.2) is 15.0 Å². The van der Waals surface area contributed by atoms with Crippen LogP contribution in [-0.4, -0.2) is 24.1 Å². The average Bonchev–Trinajstić information content (AvgIpc) is 1.92. The molecule has 3 heterocycles. The predicted molar refractivity (Wildman–Crippen MR) is 362 cm³/mol. The van der Waals surface area contributed by atoms with Crippen LogP contribution < -0.4 is 0 Å². The normalized spacial score (nSPS) is 11.4. The van der Waals surface area contributed by atoms with E-state index in [-0.39, 0.29) is 0 Å². The van der Waals surface area contributed by atoms with Gasteiger partial charge in [0.05, 0.1) is 33.7 Å². The second kappa shape index (κ2) is 21.9. The fraction of sp³-hybridized carbons (Fsp3) is 0. The largest absolute Gasteiger partial charge is 0.309 e. The number of hydrogen-bond donors (Lipinski definition) is 0. The zero-order valence-corrected chi connectivity index (χ0v) is 47.7. The summed E-state index contributed by atoms with van der Waals surface area (Å²) in [6, 6.07) is 114. The summed E-state index contributed by atoms with van der Waals surface area (Å²) in [4.78, 5) is 15.3. The van der Waals surface area contributed by atoms with E-state index in [0.29, 0.717) is 28.6 Å². The van der Waals surface area contributed by atoms with Gasteiger partial charge in [0.15, 0.2) is 17.5 Å². The van der Waals surface area contributed by atoms with Crippen LogP contribution in [0.2, 0.25) is 0 Å². The van der Waals surface area contributed by atoms with E-state index in [1.54, 1.807) is 0 Å². The SMILES string of the molecule is N#Cc1cc(-c2ccc(-n3c4ccc(-c5ccccc5)cc4c4cc(-c5ccccc5)ccc43)cc2)c(-c2ccc(-n3c4ccc(-c5ccccc5)cc4c4cc(-c5ccccc5)ccc43)cc2)cc1-c1nc(-c2ccccc2)nc(-c2ccccc2)n1. The molecule has 0 unspecified atom stereocenters. The first-order valence-corrected chi connectivity index (χ1v) is 29.6. The quantitative estimate of drug-likeness (QED) is 0.129. The van der Waals surface area contributed by atoms with Crippen LogP contribution in [0.5, 0.6) is 0 Å². The van der Waals surface area contributed by atoms with E-state index in [1.807, 2.05) is 66.7 Å². The molecule has 88 heavy (non-hydrogen) atoms. The Morgan fingerprint density at radius 3 is 0.807 bits per heavy atom. The van der Waals surface area contributed by atoms with Crippen LogP contribution in [0.4, 0.5) is 0 Å². The summed E-state index contributed by atoms with van der Waals surface area (Å²) in [6.07, 6.45) is 0. The van der Waals surface area contributed by atoms with Crippen molar-refractivity contribution >= 4 is 43.6 Å². The van der Waals surface area contributed by atoms with E-state index in [1.165, 1.54) is 66.1 Å². The van der Waals surface area contributed by atoms with Gasteiger partial charge in [-0.3, -0.25) is 0 Å². The maximum absolute atomic E-state index is 11.3. The lowest BCUT2D eigenvalue weighted by Crippen LogP contribution is -2.02. The van der Waals surface area contributed by atoms with Gasteiger partial charge < -0.3 is 9.13 Å². The molecular weight excluding hydrogens is 1070 g/mol. The third-order valence-corrected chi connectivity index (χ3v) is 17.1. The first-order valence-electron chi connectivity index (χ1n) is 29.6. The van der Waals surface area contributed by atoms with Crippen molar-refractivity contribution in [3.8, 4) is 118 Å². The molecule has 0 saturated heterocycles. The van der Waals surface area contributed by atoms with Crippen molar-refractivity contribution < 1.29 is 0 Å². The van der Waals surface area contributed by atoms with Crippen LogP contribution in [0.1, 0.15) is 5.56 Å². The van der Waals surface area contributed by atoms with Gasteiger partial charge >= 0.3 is 0 Å². The van der Waals surface area contributed by atoms with Gasteiger partial charge in [-0.15, -0.1) is 0 Å². The molecule has 0 spiro atoms. The molecule has 0 aliphatic rings. The second-order valence-corrected chi connectivity index (χ2v) is 22.2. The number of nitriles is 1. The van der Waals surface area contributed by atoms with Crippen LogP contribution in [0, 0.1) is 11.3 Å². The van der Waals surface area contributed by atoms with Gasteiger partial charge in [-0.2, -0.15) is 5.26 Å². The van der Waals surface area contributed by atoms with Crippen LogP contribution in [-0.2, 0) is 0 Å². The molecule has 0 atom stereocenters. The van der Waals surface area contributed by atoms with Crippen molar-refractivity contribution in [2.45, 2.75) is 0 Å². The number of benzene rings is 13. The van der Waals surface area contributed by atoms with Gasteiger partial charge in [0.1, 0.15) is 0 Å². The maximum atomic E-state index is 11.3. The van der Waals surface area contributed by atoms with E-state index < -0.39 is 0 Å². The zero-order valence-electron chi connectivity index (χ0n) is 47.7. The number of hydrogen-bond acceptors (Lipinski definition) is 4. The molecule has 13 aromatic carbocycles. The standard InChI is InChI=1S/C82H52N6/c83-53-66-51-69(58-31-39-67(40-32-58)87-76-43-35-62(54-19-7-1-8-20-54)47-72(76)73-48-63(36-44-77(73)87)55-21-9-2-10-22-55)70(52-71(66)82-85-80(60-27-15-5-16-28-60)84-81(86-82)61-29-17-6-18-30-61)59-33-41-68(42-34-59)88-78-45-37-64(56-23-11-3-12-24-56)49-74(78)75-50-65(38-46-79(75)88)57-25-13-4-14-26-57/h1-52H. The van der Waals surface area contributed by atoms with Crippen molar-refractivity contribution in [1.82, 2.24) is 24.1 Å². The number of fused-ring (bicyclic) bond motifs is 6. The Balaban J connectivity index is 0.866. The van der Waals surface area contributed by atoms with E-state index in [4.69, 9.17) is 15.0 Å². The molecule has 0 fully saturated rings. The molecule has 0 bridgehead atoms. The first kappa shape index (κ1) is 51.6. The lowest BCUT2D eigenvalue weighted by molar-refractivity contribution is 1.07. The fourth-order valence-corrected chi connectivity index (χ4v) is 12.7. The monoisotopic (exact) mass is 1120 g/mol. The van der Waals surface area contributed by atoms with Crippen LogP contribution in [0.25, 0.3) is 156 Å². The zero-order chi connectivity index (χ0) is 58.5. The fourth-order valence-electron chi connectivity index (χ4n) is 12.7. The Labute approximate surface area is 509 Å². The lowest BCUT2D eigenvalue weighted by Gasteiger charge is -2.17. The minimum Gasteiger partial charge on any atom is -0.309 e. The summed E-state index contributed by atoms with van der Waals surface area (Å²) < 4.78 is 4.75. The molecule has 6 nitrogen and oxygen atoms in total. The first-order chi connectivity index (χ1) is 43.6. The highest BCUT2D eigenvalue weighted by atomic mass is 15.0. The number of rotatable bonds is 11. The summed E-state index contributed by atoms with van der Waals surface area (Å²) in [6.45, 7) is 0. The van der Waals surface area contributed by atoms with Crippen molar-refractivity contribution in [2.24, 2.45) is 0 Å². The van der Waals surface area contributed by atoms with Crippen LogP contribution >= 0.6 is 0 Å². The van der Waals surface area contributed by atoms with E-state index in [0.717, 1.165) is 66.8 Å². The van der Waals surface area contributed by atoms with Gasteiger partial charge in [0.2, 0.25) is 0 Å². The second-order valence-electron chi connectivity index (χ2n) is 22.2. The van der Waals surface area contributed by atoms with Crippen LogP contribution in [0.15, 0.2) is 315 Å². The highest BCUT2D eigenvalue weighted by Gasteiger charge is 2.22. The summed E-state index contributed by atoms with van der Waals surface area (Å²) >= 11 is 0. The van der Waals surface area contributed by atoms with E-state index in [2.05, 4.69) is 264 Å². The molecule has 0 radical (unpaired) electrons. The molecule has 410 valence electrons. The molecule has 16 rings (SSSR count).